The highest BCUT2D eigenvalue weighted by Gasteiger charge is 2.22. The molecular weight excluding hydrogens is 204 g/mol. The van der Waals surface area contributed by atoms with Crippen LogP contribution in [0.1, 0.15) is 27.2 Å². The van der Waals surface area contributed by atoms with Crippen molar-refractivity contribution >= 4 is 5.97 Å². The molecule has 1 fully saturated rings. The highest BCUT2D eigenvalue weighted by atomic mass is 16.4. The second-order valence-corrected chi connectivity index (χ2v) is 5.01. The molecule has 0 bridgehead atoms. The van der Waals surface area contributed by atoms with Crippen molar-refractivity contribution in [3.05, 3.63) is 0 Å². The highest BCUT2D eigenvalue weighted by Crippen LogP contribution is 2.13. The molecule has 1 rings (SSSR count). The summed E-state index contributed by atoms with van der Waals surface area (Å²) >= 11 is 0. The van der Waals surface area contributed by atoms with Gasteiger partial charge in [-0.3, -0.25) is 9.69 Å². The van der Waals surface area contributed by atoms with E-state index in [1.54, 1.807) is 0 Å². The minimum absolute atomic E-state index is 0.264. The quantitative estimate of drug-likeness (QED) is 0.766. The number of rotatable bonds is 5. The first-order valence-corrected chi connectivity index (χ1v) is 6.19. The molecule has 4 nitrogen and oxygen atoms in total. The van der Waals surface area contributed by atoms with Crippen LogP contribution in [0, 0.1) is 5.92 Å². The van der Waals surface area contributed by atoms with Crippen LogP contribution in [0.4, 0.5) is 0 Å². The Labute approximate surface area is 98.2 Å². The molecule has 1 saturated heterocycles. The molecule has 0 amide bonds. The van der Waals surface area contributed by atoms with Gasteiger partial charge in [0.2, 0.25) is 0 Å². The summed E-state index contributed by atoms with van der Waals surface area (Å²) in [5.74, 6) is -0.0106. The molecule has 16 heavy (non-hydrogen) atoms. The molecule has 1 atom stereocenters. The molecule has 0 aromatic heterocycles. The van der Waals surface area contributed by atoms with Gasteiger partial charge in [-0.05, 0) is 12.8 Å². The maximum absolute atomic E-state index is 10.5. The van der Waals surface area contributed by atoms with Gasteiger partial charge >= 0.3 is 5.97 Å². The molecule has 0 aliphatic carbocycles. The van der Waals surface area contributed by atoms with Crippen molar-refractivity contribution in [3.63, 3.8) is 0 Å². The van der Waals surface area contributed by atoms with Crippen LogP contribution in [0.2, 0.25) is 0 Å². The van der Waals surface area contributed by atoms with E-state index in [2.05, 4.69) is 30.6 Å². The standard InChI is InChI=1S/C12H24N2O2/c1-10(2)11(3)14-8-6-13(7-9-14)5-4-12(15)16/h10-11H,4-9H2,1-3H3,(H,15,16). The summed E-state index contributed by atoms with van der Waals surface area (Å²) in [4.78, 5) is 15.2. The average molecular weight is 228 g/mol. The van der Waals surface area contributed by atoms with Crippen molar-refractivity contribution in [1.82, 2.24) is 9.80 Å². The van der Waals surface area contributed by atoms with Gasteiger partial charge in [0.05, 0.1) is 6.42 Å². The van der Waals surface area contributed by atoms with E-state index in [4.69, 9.17) is 5.11 Å². The van der Waals surface area contributed by atoms with Crippen LogP contribution in [0.5, 0.6) is 0 Å². The fraction of sp³-hybridized carbons (Fsp3) is 0.917. The summed E-state index contributed by atoms with van der Waals surface area (Å²) in [7, 11) is 0. The topological polar surface area (TPSA) is 43.8 Å². The second kappa shape index (κ2) is 6.21. The van der Waals surface area contributed by atoms with Crippen molar-refractivity contribution in [2.24, 2.45) is 5.92 Å². The van der Waals surface area contributed by atoms with E-state index in [-0.39, 0.29) is 6.42 Å². The number of hydrogen-bond acceptors (Lipinski definition) is 3. The monoisotopic (exact) mass is 228 g/mol. The number of nitrogens with zero attached hydrogens (tertiary/aromatic N) is 2. The smallest absolute Gasteiger partial charge is 0.304 e. The van der Waals surface area contributed by atoms with Gasteiger partial charge in [0.15, 0.2) is 0 Å². The summed E-state index contributed by atoms with van der Waals surface area (Å²) in [6.07, 6.45) is 0.264. The second-order valence-electron chi connectivity index (χ2n) is 5.01. The van der Waals surface area contributed by atoms with Crippen LogP contribution >= 0.6 is 0 Å². The lowest BCUT2D eigenvalue weighted by atomic mass is 10.0. The summed E-state index contributed by atoms with van der Waals surface area (Å²) in [5, 5.41) is 8.62. The van der Waals surface area contributed by atoms with Crippen LogP contribution in [0.3, 0.4) is 0 Å². The lowest BCUT2D eigenvalue weighted by Gasteiger charge is -2.39. The van der Waals surface area contributed by atoms with E-state index in [1.165, 1.54) is 0 Å². The Bertz CT molecular complexity index is 223. The molecule has 1 aliphatic heterocycles. The normalized spacial score (nSPS) is 21.2. The third-order valence-corrected chi connectivity index (χ3v) is 3.59. The lowest BCUT2D eigenvalue weighted by molar-refractivity contribution is -0.137. The van der Waals surface area contributed by atoms with Gasteiger partial charge in [0.25, 0.3) is 0 Å². The fourth-order valence-corrected chi connectivity index (χ4v) is 2.07. The van der Waals surface area contributed by atoms with Crippen LogP contribution in [-0.4, -0.2) is 59.6 Å². The number of carbonyl (C=O) groups is 1. The fourth-order valence-electron chi connectivity index (χ4n) is 2.07. The van der Waals surface area contributed by atoms with E-state index in [0.29, 0.717) is 18.5 Å². The third-order valence-electron chi connectivity index (χ3n) is 3.59. The predicted molar refractivity (Wildman–Crippen MR) is 64.6 cm³/mol. The summed E-state index contributed by atoms with van der Waals surface area (Å²) < 4.78 is 0. The van der Waals surface area contributed by atoms with Crippen molar-refractivity contribution in [3.8, 4) is 0 Å². The zero-order chi connectivity index (χ0) is 12.1. The van der Waals surface area contributed by atoms with Gasteiger partial charge in [-0.2, -0.15) is 0 Å². The molecule has 0 spiro atoms. The first-order valence-electron chi connectivity index (χ1n) is 6.19. The molecule has 1 aliphatic rings. The van der Waals surface area contributed by atoms with E-state index < -0.39 is 5.97 Å². The Morgan fingerprint density at radius 1 is 1.19 bits per heavy atom. The number of hydrogen-bond donors (Lipinski definition) is 1. The summed E-state index contributed by atoms with van der Waals surface area (Å²) in [6, 6.07) is 0.627. The Morgan fingerprint density at radius 2 is 1.75 bits per heavy atom. The third kappa shape index (κ3) is 4.10. The molecule has 0 aromatic rings. The highest BCUT2D eigenvalue weighted by molar-refractivity contribution is 5.66. The first kappa shape index (κ1) is 13.5. The number of carboxylic acids is 1. The van der Waals surface area contributed by atoms with Crippen molar-refractivity contribution in [2.75, 3.05) is 32.7 Å². The van der Waals surface area contributed by atoms with Crippen LogP contribution in [-0.2, 0) is 4.79 Å². The minimum Gasteiger partial charge on any atom is -0.481 e. The van der Waals surface area contributed by atoms with E-state index >= 15 is 0 Å². The van der Waals surface area contributed by atoms with Gasteiger partial charge in [0.1, 0.15) is 0 Å². The van der Waals surface area contributed by atoms with E-state index in [1.807, 2.05) is 0 Å². The van der Waals surface area contributed by atoms with E-state index in [0.717, 1.165) is 26.2 Å². The Kier molecular flexibility index (Phi) is 5.22. The number of carboxylic acid groups (broad SMARTS) is 1. The van der Waals surface area contributed by atoms with Crippen LogP contribution in [0.25, 0.3) is 0 Å². The van der Waals surface area contributed by atoms with Gasteiger partial charge < -0.3 is 10.0 Å². The Morgan fingerprint density at radius 3 is 2.19 bits per heavy atom. The zero-order valence-corrected chi connectivity index (χ0v) is 10.6. The molecule has 1 unspecified atom stereocenters. The Balaban J connectivity index is 2.25. The molecule has 0 aromatic carbocycles. The molecule has 1 N–H and O–H groups in total. The largest absolute Gasteiger partial charge is 0.481 e. The van der Waals surface area contributed by atoms with Gasteiger partial charge in [-0.1, -0.05) is 13.8 Å². The predicted octanol–water partition coefficient (Wildman–Crippen LogP) is 1.12. The molecule has 0 saturated carbocycles. The van der Waals surface area contributed by atoms with Crippen LogP contribution in [0.15, 0.2) is 0 Å². The number of piperazine rings is 1. The van der Waals surface area contributed by atoms with Crippen molar-refractivity contribution < 1.29 is 9.90 Å². The van der Waals surface area contributed by atoms with Gasteiger partial charge in [-0.25, -0.2) is 0 Å². The van der Waals surface area contributed by atoms with Crippen LogP contribution < -0.4 is 0 Å². The molecule has 1 heterocycles. The maximum Gasteiger partial charge on any atom is 0.304 e. The molecule has 0 radical (unpaired) electrons. The van der Waals surface area contributed by atoms with Gasteiger partial charge in [0, 0.05) is 38.8 Å². The van der Waals surface area contributed by atoms with E-state index in [9.17, 15) is 4.79 Å². The molecule has 94 valence electrons. The Hall–Kier alpha value is -0.610. The van der Waals surface area contributed by atoms with Crippen molar-refractivity contribution in [1.29, 1.82) is 0 Å². The number of aliphatic carboxylic acids is 1. The summed E-state index contributed by atoms with van der Waals surface area (Å²) in [5.41, 5.74) is 0. The lowest BCUT2D eigenvalue weighted by Crippen LogP contribution is -2.51. The summed E-state index contributed by atoms with van der Waals surface area (Å²) in [6.45, 7) is 11.6. The first-order chi connectivity index (χ1) is 7.50. The molecule has 4 heteroatoms. The average Bonchev–Trinajstić information content (AvgIpc) is 2.26. The SMILES string of the molecule is CC(C)C(C)N1CCN(CCC(=O)O)CC1. The van der Waals surface area contributed by atoms with Gasteiger partial charge in [-0.15, -0.1) is 0 Å². The minimum atomic E-state index is -0.696. The zero-order valence-electron chi connectivity index (χ0n) is 10.6. The molecular formula is C12H24N2O2. The maximum atomic E-state index is 10.5. The van der Waals surface area contributed by atoms with Crippen molar-refractivity contribution in [2.45, 2.75) is 33.2 Å².